The normalized spacial score (nSPS) is 17.8. The third-order valence-electron chi connectivity index (χ3n) is 6.14. The molecule has 33 heavy (non-hydrogen) atoms. The molecule has 2 aliphatic heterocycles. The molecular formula is C23H25F2N3O4S. The Morgan fingerprint density at radius 1 is 0.909 bits per heavy atom. The van der Waals surface area contributed by atoms with Gasteiger partial charge in [0.1, 0.15) is 11.6 Å². The third kappa shape index (κ3) is 5.06. The van der Waals surface area contributed by atoms with E-state index in [1.54, 1.807) is 12.1 Å². The highest BCUT2D eigenvalue weighted by molar-refractivity contribution is 7.89. The molecule has 2 saturated heterocycles. The highest BCUT2D eigenvalue weighted by Crippen LogP contribution is 2.24. The molecule has 2 aromatic rings. The number of benzene rings is 2. The van der Waals surface area contributed by atoms with Gasteiger partial charge >= 0.3 is 0 Å². The number of rotatable bonds is 5. The number of piperidine rings is 1. The van der Waals surface area contributed by atoms with Gasteiger partial charge < -0.3 is 10.2 Å². The van der Waals surface area contributed by atoms with Gasteiger partial charge in [0.25, 0.3) is 5.91 Å². The average molecular weight is 478 g/mol. The van der Waals surface area contributed by atoms with Crippen LogP contribution in [0, 0.1) is 17.6 Å². The lowest BCUT2D eigenvalue weighted by molar-refractivity contribution is -0.121. The van der Waals surface area contributed by atoms with Crippen LogP contribution in [-0.2, 0) is 14.8 Å². The number of amides is 2. The Labute approximate surface area is 191 Å². The second-order valence-electron chi connectivity index (χ2n) is 8.32. The number of nitrogens with zero attached hydrogens (tertiary/aromatic N) is 2. The summed E-state index contributed by atoms with van der Waals surface area (Å²) in [6, 6.07) is 8.95. The van der Waals surface area contributed by atoms with E-state index in [9.17, 15) is 26.8 Å². The van der Waals surface area contributed by atoms with Crippen LogP contribution in [0.4, 0.5) is 14.5 Å². The summed E-state index contributed by atoms with van der Waals surface area (Å²) in [4.78, 5) is 26.8. The van der Waals surface area contributed by atoms with Crippen molar-refractivity contribution >= 4 is 27.5 Å². The number of nitrogens with one attached hydrogen (secondary N) is 1. The predicted octanol–water partition coefficient (Wildman–Crippen LogP) is 3.24. The SMILES string of the molecule is O=C(Nc1ccc(S(=O)(=O)N2CCCC2)cc1)C1CCN(C(=O)c2ccc(F)cc2F)CC1. The van der Waals surface area contributed by atoms with Gasteiger partial charge in [-0.3, -0.25) is 9.59 Å². The second kappa shape index (κ2) is 9.56. The smallest absolute Gasteiger partial charge is 0.256 e. The van der Waals surface area contributed by atoms with Crippen LogP contribution in [0.5, 0.6) is 0 Å². The third-order valence-corrected chi connectivity index (χ3v) is 8.05. The lowest BCUT2D eigenvalue weighted by Crippen LogP contribution is -2.41. The minimum Gasteiger partial charge on any atom is -0.339 e. The van der Waals surface area contributed by atoms with Gasteiger partial charge in [0.2, 0.25) is 15.9 Å². The average Bonchev–Trinajstić information content (AvgIpc) is 3.35. The van der Waals surface area contributed by atoms with Crippen LogP contribution >= 0.6 is 0 Å². The van der Waals surface area contributed by atoms with Crippen LogP contribution in [0.3, 0.4) is 0 Å². The predicted molar refractivity (Wildman–Crippen MR) is 118 cm³/mol. The summed E-state index contributed by atoms with van der Waals surface area (Å²) in [5, 5.41) is 2.80. The second-order valence-corrected chi connectivity index (χ2v) is 10.3. The van der Waals surface area contributed by atoms with Crippen molar-refractivity contribution in [1.82, 2.24) is 9.21 Å². The van der Waals surface area contributed by atoms with E-state index in [1.807, 2.05) is 0 Å². The molecule has 0 spiro atoms. The minimum atomic E-state index is -3.51. The first-order valence-electron chi connectivity index (χ1n) is 10.9. The number of likely N-dealkylation sites (tertiary alicyclic amines) is 1. The molecule has 0 aromatic heterocycles. The number of sulfonamides is 1. The van der Waals surface area contributed by atoms with E-state index >= 15 is 0 Å². The maximum atomic E-state index is 13.9. The van der Waals surface area contributed by atoms with Crippen LogP contribution in [0.1, 0.15) is 36.0 Å². The summed E-state index contributed by atoms with van der Waals surface area (Å²) in [6.07, 6.45) is 2.52. The number of carbonyl (C=O) groups is 2. The van der Waals surface area contributed by atoms with E-state index in [1.165, 1.54) is 21.3 Å². The van der Waals surface area contributed by atoms with E-state index in [4.69, 9.17) is 0 Å². The number of hydrogen-bond donors (Lipinski definition) is 1. The van der Waals surface area contributed by atoms with E-state index in [2.05, 4.69) is 5.32 Å². The van der Waals surface area contributed by atoms with Gasteiger partial charge in [-0.05, 0) is 62.1 Å². The first-order chi connectivity index (χ1) is 15.8. The van der Waals surface area contributed by atoms with E-state index in [-0.39, 0.29) is 35.4 Å². The van der Waals surface area contributed by atoms with E-state index in [0.29, 0.717) is 37.7 Å². The van der Waals surface area contributed by atoms with Crippen LogP contribution in [0.2, 0.25) is 0 Å². The number of halogens is 2. The molecule has 1 N–H and O–H groups in total. The first kappa shape index (κ1) is 23.3. The minimum absolute atomic E-state index is 0.191. The molecule has 2 fully saturated rings. The summed E-state index contributed by atoms with van der Waals surface area (Å²) in [7, 11) is -3.51. The molecule has 2 aromatic carbocycles. The Morgan fingerprint density at radius 3 is 2.15 bits per heavy atom. The zero-order valence-corrected chi connectivity index (χ0v) is 18.8. The van der Waals surface area contributed by atoms with Crippen LogP contribution in [0.15, 0.2) is 47.4 Å². The van der Waals surface area contributed by atoms with Crippen molar-refractivity contribution in [3.63, 3.8) is 0 Å². The Balaban J connectivity index is 1.32. The van der Waals surface area contributed by atoms with Crippen molar-refractivity contribution in [2.75, 3.05) is 31.5 Å². The van der Waals surface area contributed by atoms with Crippen molar-refractivity contribution in [3.8, 4) is 0 Å². The first-order valence-corrected chi connectivity index (χ1v) is 12.3. The van der Waals surface area contributed by atoms with Gasteiger partial charge in [-0.1, -0.05) is 0 Å². The van der Waals surface area contributed by atoms with Crippen molar-refractivity contribution < 1.29 is 26.8 Å². The van der Waals surface area contributed by atoms with Gasteiger partial charge in [0.05, 0.1) is 10.5 Å². The Bertz CT molecular complexity index is 1140. The van der Waals surface area contributed by atoms with Crippen molar-refractivity contribution in [1.29, 1.82) is 0 Å². The highest BCUT2D eigenvalue weighted by Gasteiger charge is 2.30. The standard InChI is InChI=1S/C23H25F2N3O4S/c24-17-3-8-20(21(25)15-17)23(30)27-13-9-16(10-14-27)22(29)26-18-4-6-19(7-5-18)33(31,32)28-11-1-2-12-28/h3-8,15-16H,1-2,9-14H2,(H,26,29). The highest BCUT2D eigenvalue weighted by atomic mass is 32.2. The molecule has 0 aliphatic carbocycles. The topological polar surface area (TPSA) is 86.8 Å². The summed E-state index contributed by atoms with van der Waals surface area (Å²) >= 11 is 0. The molecule has 2 heterocycles. The van der Waals surface area contributed by atoms with Crippen molar-refractivity contribution in [2.24, 2.45) is 5.92 Å². The molecular weight excluding hydrogens is 452 g/mol. The fourth-order valence-corrected chi connectivity index (χ4v) is 5.73. The maximum absolute atomic E-state index is 13.9. The zero-order chi connectivity index (χ0) is 23.6. The number of carbonyl (C=O) groups excluding carboxylic acids is 2. The monoisotopic (exact) mass is 477 g/mol. The summed E-state index contributed by atoms with van der Waals surface area (Å²) in [5.41, 5.74) is 0.301. The molecule has 2 amide bonds. The van der Waals surface area contributed by atoms with Gasteiger partial charge in [-0.15, -0.1) is 0 Å². The fraction of sp³-hybridized carbons (Fsp3) is 0.391. The molecule has 10 heteroatoms. The van der Waals surface area contributed by atoms with Crippen LogP contribution < -0.4 is 5.32 Å². The van der Waals surface area contributed by atoms with Gasteiger partial charge in [0.15, 0.2) is 0 Å². The summed E-state index contributed by atoms with van der Waals surface area (Å²) in [5.74, 6) is -2.73. The quantitative estimate of drug-likeness (QED) is 0.716. The van der Waals surface area contributed by atoms with Gasteiger partial charge in [-0.25, -0.2) is 17.2 Å². The van der Waals surface area contributed by atoms with Crippen molar-refractivity contribution in [3.05, 3.63) is 59.7 Å². The van der Waals surface area contributed by atoms with E-state index < -0.39 is 27.6 Å². The zero-order valence-electron chi connectivity index (χ0n) is 18.0. The maximum Gasteiger partial charge on any atom is 0.256 e. The van der Waals surface area contributed by atoms with Crippen molar-refractivity contribution in [2.45, 2.75) is 30.6 Å². The van der Waals surface area contributed by atoms with Gasteiger partial charge in [0, 0.05) is 43.9 Å². The molecule has 7 nitrogen and oxygen atoms in total. The van der Waals surface area contributed by atoms with Crippen LogP contribution in [-0.4, -0.2) is 55.6 Å². The number of hydrogen-bond acceptors (Lipinski definition) is 4. The Kier molecular flexibility index (Phi) is 6.76. The summed E-state index contributed by atoms with van der Waals surface area (Å²) in [6.45, 7) is 1.60. The van der Waals surface area contributed by atoms with Crippen LogP contribution in [0.25, 0.3) is 0 Å². The molecule has 4 rings (SSSR count). The molecule has 0 saturated carbocycles. The molecule has 0 bridgehead atoms. The largest absolute Gasteiger partial charge is 0.339 e. The molecule has 0 atom stereocenters. The van der Waals surface area contributed by atoms with Gasteiger partial charge in [-0.2, -0.15) is 4.31 Å². The summed E-state index contributed by atoms with van der Waals surface area (Å²) < 4.78 is 53.7. The molecule has 176 valence electrons. The number of anilines is 1. The lowest BCUT2D eigenvalue weighted by atomic mass is 9.95. The van der Waals surface area contributed by atoms with E-state index in [0.717, 1.165) is 25.0 Å². The Hall–Kier alpha value is -2.85. The molecule has 0 radical (unpaired) electrons. The molecule has 2 aliphatic rings. The molecule has 0 unspecified atom stereocenters. The Morgan fingerprint density at radius 2 is 1.55 bits per heavy atom. The fourth-order valence-electron chi connectivity index (χ4n) is 4.21. The lowest BCUT2D eigenvalue weighted by Gasteiger charge is -2.31.